The van der Waals surface area contributed by atoms with Gasteiger partial charge in [0.15, 0.2) is 5.65 Å². The number of hydrogen-bond acceptors (Lipinski definition) is 5. The number of nitrogen functional groups attached to an aromatic ring is 1. The molecule has 0 spiro atoms. The van der Waals surface area contributed by atoms with E-state index < -0.39 is 5.97 Å². The SMILES string of the molecule is CCCCCCCOC(=O)c1c(N)n(-c2cccc(Cl)c2)c2nc3ccccc3nc12. The summed E-state index contributed by atoms with van der Waals surface area (Å²) >= 11 is 6.20. The van der Waals surface area contributed by atoms with Crippen molar-refractivity contribution in [3.8, 4) is 5.69 Å². The quantitative estimate of drug-likeness (QED) is 0.273. The fraction of sp³-hybridized carbons (Fsp3) is 0.292. The van der Waals surface area contributed by atoms with Crippen molar-refractivity contribution in [2.45, 2.75) is 39.0 Å². The van der Waals surface area contributed by atoms with Crippen LogP contribution in [0.4, 0.5) is 5.82 Å². The lowest BCUT2D eigenvalue weighted by Crippen LogP contribution is -2.10. The molecule has 0 saturated heterocycles. The van der Waals surface area contributed by atoms with Gasteiger partial charge in [0.2, 0.25) is 0 Å². The summed E-state index contributed by atoms with van der Waals surface area (Å²) in [6, 6.07) is 14.8. The topological polar surface area (TPSA) is 83.0 Å². The van der Waals surface area contributed by atoms with Gasteiger partial charge in [0.25, 0.3) is 0 Å². The zero-order valence-corrected chi connectivity index (χ0v) is 18.2. The van der Waals surface area contributed by atoms with E-state index in [1.54, 1.807) is 16.7 Å². The number of halogens is 1. The number of nitrogens with two attached hydrogens (primary N) is 1. The van der Waals surface area contributed by atoms with Crippen molar-refractivity contribution in [1.29, 1.82) is 0 Å². The van der Waals surface area contributed by atoms with Crippen LogP contribution < -0.4 is 5.73 Å². The van der Waals surface area contributed by atoms with E-state index in [9.17, 15) is 4.79 Å². The van der Waals surface area contributed by atoms with Crippen LogP contribution >= 0.6 is 11.6 Å². The van der Waals surface area contributed by atoms with Crippen molar-refractivity contribution in [2.75, 3.05) is 12.3 Å². The Hall–Kier alpha value is -3.12. The van der Waals surface area contributed by atoms with E-state index in [-0.39, 0.29) is 11.4 Å². The first kappa shape index (κ1) is 21.1. The molecular weight excluding hydrogens is 412 g/mol. The minimum Gasteiger partial charge on any atom is -0.462 e. The third-order valence-electron chi connectivity index (χ3n) is 5.25. The van der Waals surface area contributed by atoms with Gasteiger partial charge < -0.3 is 10.5 Å². The second-order valence-corrected chi connectivity index (χ2v) is 7.95. The molecule has 0 atom stereocenters. The Morgan fingerprint density at radius 2 is 1.77 bits per heavy atom. The third-order valence-corrected chi connectivity index (χ3v) is 5.48. The number of rotatable bonds is 8. The summed E-state index contributed by atoms with van der Waals surface area (Å²) in [6.45, 7) is 2.52. The number of para-hydroxylation sites is 2. The number of carbonyl (C=O) groups excluding carboxylic acids is 1. The second-order valence-electron chi connectivity index (χ2n) is 7.51. The van der Waals surface area contributed by atoms with Crippen molar-refractivity contribution in [1.82, 2.24) is 14.5 Å². The molecule has 0 aliphatic carbocycles. The zero-order valence-electron chi connectivity index (χ0n) is 17.5. The maximum Gasteiger partial charge on any atom is 0.344 e. The van der Waals surface area contributed by atoms with Crippen molar-refractivity contribution < 1.29 is 9.53 Å². The molecule has 2 N–H and O–H groups in total. The van der Waals surface area contributed by atoms with Gasteiger partial charge in [0, 0.05) is 5.02 Å². The standard InChI is InChI=1S/C24H25ClN4O2/c1-2-3-4-5-8-14-31-24(30)20-21-23(28-19-13-7-6-12-18(19)27-21)29(22(20)26)17-11-9-10-16(25)15-17/h6-7,9-13,15H,2-5,8,14,26H2,1H3. The average Bonchev–Trinajstić information content (AvgIpc) is 3.05. The molecule has 0 saturated carbocycles. The first-order valence-electron chi connectivity index (χ1n) is 10.6. The Bertz CT molecular complexity index is 1240. The molecule has 2 aromatic carbocycles. The Morgan fingerprint density at radius 1 is 1.03 bits per heavy atom. The predicted octanol–water partition coefficient (Wildman–Crippen LogP) is 5.94. The van der Waals surface area contributed by atoms with Crippen LogP contribution in [-0.4, -0.2) is 27.1 Å². The molecule has 7 heteroatoms. The Morgan fingerprint density at radius 3 is 2.52 bits per heavy atom. The fourth-order valence-electron chi connectivity index (χ4n) is 3.68. The molecule has 0 unspecified atom stereocenters. The minimum absolute atomic E-state index is 0.238. The average molecular weight is 437 g/mol. The van der Waals surface area contributed by atoms with Crippen LogP contribution in [0.15, 0.2) is 48.5 Å². The molecule has 160 valence electrons. The molecule has 4 aromatic rings. The monoisotopic (exact) mass is 436 g/mol. The van der Waals surface area contributed by atoms with Gasteiger partial charge in [0.1, 0.15) is 16.9 Å². The molecular formula is C24H25ClN4O2. The van der Waals surface area contributed by atoms with Gasteiger partial charge in [-0.15, -0.1) is 0 Å². The molecule has 0 amide bonds. The van der Waals surface area contributed by atoms with E-state index in [2.05, 4.69) is 6.92 Å². The van der Waals surface area contributed by atoms with Crippen molar-refractivity contribution >= 4 is 45.6 Å². The van der Waals surface area contributed by atoms with E-state index in [4.69, 9.17) is 32.0 Å². The number of nitrogens with zero attached hydrogens (tertiary/aromatic N) is 3. The number of hydrogen-bond donors (Lipinski definition) is 1. The molecule has 0 radical (unpaired) electrons. The number of aromatic nitrogens is 3. The number of fused-ring (bicyclic) bond motifs is 2. The molecule has 2 heterocycles. The van der Waals surface area contributed by atoms with Crippen LogP contribution in [0.5, 0.6) is 0 Å². The minimum atomic E-state index is -0.483. The molecule has 2 aromatic heterocycles. The highest BCUT2D eigenvalue weighted by Gasteiger charge is 2.26. The summed E-state index contributed by atoms with van der Waals surface area (Å²) in [4.78, 5) is 22.5. The zero-order chi connectivity index (χ0) is 21.8. The summed E-state index contributed by atoms with van der Waals surface area (Å²) in [7, 11) is 0. The Labute approximate surface area is 186 Å². The lowest BCUT2D eigenvalue weighted by molar-refractivity contribution is 0.0501. The van der Waals surface area contributed by atoms with E-state index >= 15 is 0 Å². The predicted molar refractivity (Wildman–Crippen MR) is 125 cm³/mol. The molecule has 4 rings (SSSR count). The van der Waals surface area contributed by atoms with Crippen molar-refractivity contribution in [3.05, 3.63) is 59.1 Å². The summed E-state index contributed by atoms with van der Waals surface area (Å²) < 4.78 is 7.26. The number of unbranched alkanes of at least 4 members (excludes halogenated alkanes) is 4. The number of ether oxygens (including phenoxy) is 1. The smallest absolute Gasteiger partial charge is 0.344 e. The molecule has 6 nitrogen and oxygen atoms in total. The summed E-state index contributed by atoms with van der Waals surface area (Å²) in [5.41, 5.74) is 9.73. The van der Waals surface area contributed by atoms with Crippen molar-refractivity contribution in [2.24, 2.45) is 0 Å². The third kappa shape index (κ3) is 4.35. The van der Waals surface area contributed by atoms with Gasteiger partial charge >= 0.3 is 5.97 Å². The van der Waals surface area contributed by atoms with E-state index in [1.807, 2.05) is 36.4 Å². The van der Waals surface area contributed by atoms with Crippen LogP contribution in [0.3, 0.4) is 0 Å². The number of esters is 1. The first-order valence-corrected chi connectivity index (χ1v) is 11.0. The normalized spacial score (nSPS) is 11.3. The van der Waals surface area contributed by atoms with Crippen LogP contribution in [-0.2, 0) is 4.74 Å². The largest absolute Gasteiger partial charge is 0.462 e. The molecule has 0 bridgehead atoms. The van der Waals surface area contributed by atoms with E-state index in [0.717, 1.165) is 19.3 Å². The molecule has 0 fully saturated rings. The molecule has 0 aliphatic rings. The van der Waals surface area contributed by atoms with E-state index in [0.29, 0.717) is 39.5 Å². The number of anilines is 1. The Kier molecular flexibility index (Phi) is 6.37. The number of carbonyl (C=O) groups is 1. The van der Waals surface area contributed by atoms with Gasteiger partial charge in [-0.2, -0.15) is 0 Å². The first-order chi connectivity index (χ1) is 15.1. The van der Waals surface area contributed by atoms with Crippen LogP contribution in [0, 0.1) is 0 Å². The van der Waals surface area contributed by atoms with Gasteiger partial charge in [-0.25, -0.2) is 14.8 Å². The van der Waals surface area contributed by atoms with Gasteiger partial charge in [-0.3, -0.25) is 4.57 Å². The summed E-state index contributed by atoms with van der Waals surface area (Å²) in [5, 5.41) is 0.559. The highest BCUT2D eigenvalue weighted by Crippen LogP contribution is 2.32. The highest BCUT2D eigenvalue weighted by molar-refractivity contribution is 6.30. The van der Waals surface area contributed by atoms with E-state index in [1.165, 1.54) is 12.8 Å². The van der Waals surface area contributed by atoms with Crippen molar-refractivity contribution in [3.63, 3.8) is 0 Å². The lowest BCUT2D eigenvalue weighted by atomic mass is 10.2. The summed E-state index contributed by atoms with van der Waals surface area (Å²) in [6.07, 6.45) is 5.36. The lowest BCUT2D eigenvalue weighted by Gasteiger charge is -2.08. The molecule has 0 aliphatic heterocycles. The highest BCUT2D eigenvalue weighted by atomic mass is 35.5. The van der Waals surface area contributed by atoms with Gasteiger partial charge in [0.05, 0.1) is 23.3 Å². The van der Waals surface area contributed by atoms with Crippen LogP contribution in [0.25, 0.3) is 27.9 Å². The van der Waals surface area contributed by atoms with Gasteiger partial charge in [-0.05, 0) is 36.8 Å². The van der Waals surface area contributed by atoms with Crippen LogP contribution in [0.1, 0.15) is 49.4 Å². The van der Waals surface area contributed by atoms with Gasteiger partial charge in [-0.1, -0.05) is 62.4 Å². The molecule has 31 heavy (non-hydrogen) atoms. The number of benzene rings is 2. The summed E-state index contributed by atoms with van der Waals surface area (Å²) in [5.74, 6) is -0.244. The second kappa shape index (κ2) is 9.35. The Balaban J connectivity index is 1.76. The maximum absolute atomic E-state index is 13.0. The maximum atomic E-state index is 13.0. The van der Waals surface area contributed by atoms with Crippen LogP contribution in [0.2, 0.25) is 5.02 Å². The fourth-order valence-corrected chi connectivity index (χ4v) is 3.87.